The Morgan fingerprint density at radius 1 is 1.27 bits per heavy atom. The van der Waals surface area contributed by atoms with Crippen LogP contribution in [-0.4, -0.2) is 42.5 Å². The average molecular weight is 318 g/mol. The minimum Gasteiger partial charge on any atom is -0.304 e. The summed E-state index contributed by atoms with van der Waals surface area (Å²) >= 11 is 0. The molecule has 0 amide bonds. The highest BCUT2D eigenvalue weighted by Gasteiger charge is 2.32. The van der Waals surface area contributed by atoms with Gasteiger partial charge in [0.15, 0.2) is 0 Å². The Balaban J connectivity index is 2.08. The van der Waals surface area contributed by atoms with Crippen molar-refractivity contribution in [2.45, 2.75) is 44.6 Å². The van der Waals surface area contributed by atoms with Crippen LogP contribution < -0.4 is 0 Å². The topological polar surface area (TPSA) is 6.48 Å². The number of piperidine rings is 1. The van der Waals surface area contributed by atoms with Gasteiger partial charge in [0.25, 0.3) is 0 Å². The molecule has 0 aromatic heterocycles. The van der Waals surface area contributed by atoms with Crippen molar-refractivity contribution in [2.75, 3.05) is 20.6 Å². The van der Waals surface area contributed by atoms with E-state index in [1.165, 1.54) is 6.07 Å². The van der Waals surface area contributed by atoms with Crippen LogP contribution in [0.15, 0.2) is 18.2 Å². The van der Waals surface area contributed by atoms with Gasteiger partial charge in [0.2, 0.25) is 0 Å². The predicted molar refractivity (Wildman–Crippen MR) is 78.0 cm³/mol. The van der Waals surface area contributed by atoms with Gasteiger partial charge in [0.1, 0.15) is 5.82 Å². The molecular formula is C16H22F4N2. The zero-order valence-corrected chi connectivity index (χ0v) is 13.1. The van der Waals surface area contributed by atoms with Crippen LogP contribution >= 0.6 is 0 Å². The highest BCUT2D eigenvalue weighted by Crippen LogP contribution is 2.31. The largest absolute Gasteiger partial charge is 0.416 e. The summed E-state index contributed by atoms with van der Waals surface area (Å²) in [6, 6.07) is 3.52. The lowest BCUT2D eigenvalue weighted by atomic mass is 9.97. The molecule has 0 N–H and O–H groups in total. The number of alkyl halides is 3. The molecule has 0 bridgehead atoms. The summed E-state index contributed by atoms with van der Waals surface area (Å²) in [6.07, 6.45) is -2.58. The zero-order chi connectivity index (χ0) is 16.5. The van der Waals surface area contributed by atoms with E-state index in [2.05, 4.69) is 18.9 Å². The Labute approximate surface area is 128 Å². The second-order valence-corrected chi connectivity index (χ2v) is 6.27. The van der Waals surface area contributed by atoms with Gasteiger partial charge in [-0.25, -0.2) is 4.39 Å². The van der Waals surface area contributed by atoms with E-state index >= 15 is 0 Å². The van der Waals surface area contributed by atoms with E-state index in [0.717, 1.165) is 25.5 Å². The second kappa shape index (κ2) is 6.54. The molecule has 6 heteroatoms. The molecule has 0 saturated carbocycles. The van der Waals surface area contributed by atoms with Gasteiger partial charge in [-0.3, -0.25) is 4.90 Å². The molecule has 1 fully saturated rings. The molecular weight excluding hydrogens is 296 g/mol. The van der Waals surface area contributed by atoms with Crippen molar-refractivity contribution >= 4 is 0 Å². The van der Waals surface area contributed by atoms with Gasteiger partial charge in [-0.2, -0.15) is 13.2 Å². The van der Waals surface area contributed by atoms with Crippen LogP contribution in [0, 0.1) is 5.82 Å². The molecule has 1 aromatic carbocycles. The maximum atomic E-state index is 13.4. The van der Waals surface area contributed by atoms with Crippen LogP contribution in [0.5, 0.6) is 0 Å². The van der Waals surface area contributed by atoms with Crippen LogP contribution in [0.3, 0.4) is 0 Å². The number of likely N-dealkylation sites (tertiary alicyclic amines) is 1. The summed E-state index contributed by atoms with van der Waals surface area (Å²) in [6.45, 7) is 3.43. The van der Waals surface area contributed by atoms with Gasteiger partial charge in [-0.05, 0) is 64.2 Å². The van der Waals surface area contributed by atoms with E-state index < -0.39 is 17.6 Å². The first-order valence-corrected chi connectivity index (χ1v) is 7.44. The average Bonchev–Trinajstić information content (AvgIpc) is 2.40. The van der Waals surface area contributed by atoms with E-state index in [9.17, 15) is 17.6 Å². The van der Waals surface area contributed by atoms with Gasteiger partial charge in [0, 0.05) is 18.6 Å². The Hall–Kier alpha value is -1.14. The van der Waals surface area contributed by atoms with Crippen LogP contribution in [0.4, 0.5) is 17.6 Å². The normalized spacial score (nSPS) is 24.0. The fraction of sp³-hybridized carbons (Fsp3) is 0.625. The van der Waals surface area contributed by atoms with Gasteiger partial charge < -0.3 is 4.90 Å². The van der Waals surface area contributed by atoms with Gasteiger partial charge in [-0.15, -0.1) is 0 Å². The fourth-order valence-corrected chi connectivity index (χ4v) is 2.99. The van der Waals surface area contributed by atoms with Crippen molar-refractivity contribution < 1.29 is 17.6 Å². The Morgan fingerprint density at radius 3 is 2.55 bits per heavy atom. The van der Waals surface area contributed by atoms with Crippen LogP contribution in [-0.2, 0) is 12.7 Å². The molecule has 2 rings (SSSR count). The highest BCUT2D eigenvalue weighted by molar-refractivity contribution is 5.26. The molecule has 0 radical (unpaired) electrons. The third-order valence-corrected chi connectivity index (χ3v) is 4.52. The lowest BCUT2D eigenvalue weighted by Gasteiger charge is -2.39. The fourth-order valence-electron chi connectivity index (χ4n) is 2.99. The lowest BCUT2D eigenvalue weighted by molar-refractivity contribution is -0.137. The number of benzene rings is 1. The quantitative estimate of drug-likeness (QED) is 0.783. The van der Waals surface area contributed by atoms with Crippen LogP contribution in [0.1, 0.15) is 30.9 Å². The maximum Gasteiger partial charge on any atom is 0.416 e. The predicted octanol–water partition coefficient (Wildman–Crippen LogP) is 3.76. The molecule has 124 valence electrons. The van der Waals surface area contributed by atoms with Gasteiger partial charge >= 0.3 is 6.18 Å². The van der Waals surface area contributed by atoms with Crippen molar-refractivity contribution in [3.05, 3.63) is 35.1 Å². The van der Waals surface area contributed by atoms with E-state index in [1.807, 2.05) is 11.9 Å². The molecule has 22 heavy (non-hydrogen) atoms. The van der Waals surface area contributed by atoms with Crippen molar-refractivity contribution in [2.24, 2.45) is 0 Å². The first kappa shape index (κ1) is 17.2. The third-order valence-electron chi connectivity index (χ3n) is 4.52. The first-order chi connectivity index (χ1) is 10.2. The second-order valence-electron chi connectivity index (χ2n) is 6.27. The Kier molecular flexibility index (Phi) is 5.12. The summed E-state index contributed by atoms with van der Waals surface area (Å²) in [5, 5.41) is 0. The molecule has 2 nitrogen and oxygen atoms in total. The van der Waals surface area contributed by atoms with E-state index in [-0.39, 0.29) is 0 Å². The monoisotopic (exact) mass is 318 g/mol. The maximum absolute atomic E-state index is 13.4. The summed E-state index contributed by atoms with van der Waals surface area (Å²) < 4.78 is 51.7. The molecule has 1 aliphatic heterocycles. The number of hydrogen-bond donors (Lipinski definition) is 0. The Bertz CT molecular complexity index is 515. The van der Waals surface area contributed by atoms with Crippen LogP contribution in [0.25, 0.3) is 0 Å². The van der Waals surface area contributed by atoms with E-state index in [4.69, 9.17) is 0 Å². The van der Waals surface area contributed by atoms with Crippen LogP contribution in [0.2, 0.25) is 0 Å². The summed E-state index contributed by atoms with van der Waals surface area (Å²) in [5.74, 6) is -0.838. The molecule has 1 aromatic rings. The zero-order valence-electron chi connectivity index (χ0n) is 13.1. The summed E-state index contributed by atoms with van der Waals surface area (Å²) in [5.41, 5.74) is -0.561. The first-order valence-electron chi connectivity index (χ1n) is 7.44. The Morgan fingerprint density at radius 2 is 1.95 bits per heavy atom. The highest BCUT2D eigenvalue weighted by atomic mass is 19.4. The molecule has 1 aliphatic rings. The molecule has 1 saturated heterocycles. The smallest absolute Gasteiger partial charge is 0.304 e. The van der Waals surface area contributed by atoms with Gasteiger partial charge in [-0.1, -0.05) is 0 Å². The standard InChI is InChI=1S/C16H22F4N2/c1-11-6-15(4-5-21(11)2)22(3)10-12-7-13(16(18,19)20)9-14(17)8-12/h7-9,11,15H,4-6,10H2,1-3H3. The lowest BCUT2D eigenvalue weighted by Crippen LogP contribution is -2.46. The van der Waals surface area contributed by atoms with E-state index in [0.29, 0.717) is 30.3 Å². The minimum absolute atomic E-state index is 0.309. The van der Waals surface area contributed by atoms with E-state index in [1.54, 1.807) is 0 Å². The van der Waals surface area contributed by atoms with Crippen molar-refractivity contribution in [1.29, 1.82) is 0 Å². The number of rotatable bonds is 3. The number of hydrogen-bond acceptors (Lipinski definition) is 2. The molecule has 1 heterocycles. The number of nitrogens with zero attached hydrogens (tertiary/aromatic N) is 2. The molecule has 0 spiro atoms. The summed E-state index contributed by atoms with van der Waals surface area (Å²) in [7, 11) is 3.96. The van der Waals surface area contributed by atoms with Gasteiger partial charge in [0.05, 0.1) is 5.56 Å². The van der Waals surface area contributed by atoms with Crippen molar-refractivity contribution in [1.82, 2.24) is 9.80 Å². The SMILES string of the molecule is CC1CC(N(C)Cc2cc(F)cc(C(F)(F)F)c2)CCN1C. The third kappa shape index (κ3) is 4.20. The minimum atomic E-state index is -4.52. The molecule has 0 aliphatic carbocycles. The molecule has 2 atom stereocenters. The summed E-state index contributed by atoms with van der Waals surface area (Å²) in [4.78, 5) is 4.30. The van der Waals surface area contributed by atoms with Crippen molar-refractivity contribution in [3.63, 3.8) is 0 Å². The van der Waals surface area contributed by atoms with Crippen molar-refractivity contribution in [3.8, 4) is 0 Å². The number of halogens is 4. The molecule has 2 unspecified atom stereocenters.